The number of nitrogens with zero attached hydrogens (tertiary/aromatic N) is 1. The number of benzene rings is 1. The SMILES string of the molecule is Cc1nc(Nc2cccc(C(F)(F)F)c2)ccc1N. The molecule has 0 radical (unpaired) electrons. The summed E-state index contributed by atoms with van der Waals surface area (Å²) >= 11 is 0. The summed E-state index contributed by atoms with van der Waals surface area (Å²) in [5, 5.41) is 2.82. The topological polar surface area (TPSA) is 50.9 Å². The molecule has 1 aromatic heterocycles. The van der Waals surface area contributed by atoms with Crippen molar-refractivity contribution in [2.45, 2.75) is 13.1 Å². The highest BCUT2D eigenvalue weighted by Crippen LogP contribution is 2.31. The molecule has 0 fully saturated rings. The van der Waals surface area contributed by atoms with Gasteiger partial charge < -0.3 is 11.1 Å². The number of hydrogen-bond donors (Lipinski definition) is 2. The number of hydrogen-bond acceptors (Lipinski definition) is 3. The first-order chi connectivity index (χ1) is 8.86. The van der Waals surface area contributed by atoms with Crippen LogP contribution in [-0.2, 0) is 6.18 Å². The molecule has 0 unspecified atom stereocenters. The summed E-state index contributed by atoms with van der Waals surface area (Å²) < 4.78 is 37.7. The van der Waals surface area contributed by atoms with Gasteiger partial charge in [0.25, 0.3) is 0 Å². The van der Waals surface area contributed by atoms with E-state index in [1.165, 1.54) is 6.07 Å². The summed E-state index contributed by atoms with van der Waals surface area (Å²) in [4.78, 5) is 4.14. The van der Waals surface area contributed by atoms with Crippen molar-refractivity contribution < 1.29 is 13.2 Å². The molecule has 100 valence electrons. The summed E-state index contributed by atoms with van der Waals surface area (Å²) in [7, 11) is 0. The first kappa shape index (κ1) is 13.2. The van der Waals surface area contributed by atoms with E-state index in [0.29, 0.717) is 22.9 Å². The second-order valence-electron chi connectivity index (χ2n) is 4.07. The van der Waals surface area contributed by atoms with Crippen LogP contribution in [-0.4, -0.2) is 4.98 Å². The van der Waals surface area contributed by atoms with Crippen molar-refractivity contribution >= 4 is 17.2 Å². The van der Waals surface area contributed by atoms with E-state index in [1.807, 2.05) is 0 Å². The quantitative estimate of drug-likeness (QED) is 0.871. The van der Waals surface area contributed by atoms with E-state index in [9.17, 15) is 13.2 Å². The Labute approximate surface area is 108 Å². The number of nitrogens with two attached hydrogens (primary N) is 1. The summed E-state index contributed by atoms with van der Waals surface area (Å²) in [5.41, 5.74) is 6.40. The maximum Gasteiger partial charge on any atom is 0.416 e. The largest absolute Gasteiger partial charge is 0.416 e. The molecule has 0 atom stereocenters. The Balaban J connectivity index is 2.26. The average molecular weight is 267 g/mol. The lowest BCUT2D eigenvalue weighted by atomic mass is 10.2. The molecule has 1 aromatic carbocycles. The van der Waals surface area contributed by atoms with E-state index < -0.39 is 11.7 Å². The zero-order valence-corrected chi connectivity index (χ0v) is 10.1. The number of rotatable bonds is 2. The van der Waals surface area contributed by atoms with Crippen molar-refractivity contribution in [3.8, 4) is 0 Å². The van der Waals surface area contributed by atoms with Gasteiger partial charge in [0.05, 0.1) is 16.9 Å². The van der Waals surface area contributed by atoms with Crippen LogP contribution in [0.4, 0.5) is 30.4 Å². The minimum atomic E-state index is -4.36. The first-order valence-corrected chi connectivity index (χ1v) is 5.53. The van der Waals surface area contributed by atoms with Gasteiger partial charge in [-0.3, -0.25) is 0 Å². The molecule has 3 N–H and O–H groups in total. The number of halogens is 3. The van der Waals surface area contributed by atoms with E-state index in [1.54, 1.807) is 25.1 Å². The molecule has 19 heavy (non-hydrogen) atoms. The number of anilines is 3. The molecule has 2 aromatic rings. The summed E-state index contributed by atoms with van der Waals surface area (Å²) in [5.74, 6) is 0.450. The number of nitrogen functional groups attached to an aromatic ring is 1. The molecule has 0 aliphatic rings. The number of alkyl halides is 3. The van der Waals surface area contributed by atoms with E-state index >= 15 is 0 Å². The van der Waals surface area contributed by atoms with Crippen LogP contribution in [0.15, 0.2) is 36.4 Å². The molecule has 0 bridgehead atoms. The second kappa shape index (κ2) is 4.79. The third kappa shape index (κ3) is 3.15. The molecule has 0 saturated heterocycles. The van der Waals surface area contributed by atoms with Crippen molar-refractivity contribution in [3.05, 3.63) is 47.7 Å². The van der Waals surface area contributed by atoms with Crippen LogP contribution in [0, 0.1) is 6.92 Å². The summed E-state index contributed by atoms with van der Waals surface area (Å²) in [6.07, 6.45) is -4.36. The normalized spacial score (nSPS) is 11.4. The molecular weight excluding hydrogens is 255 g/mol. The molecule has 0 saturated carbocycles. The fourth-order valence-electron chi connectivity index (χ4n) is 1.56. The highest BCUT2D eigenvalue weighted by Gasteiger charge is 2.30. The Kier molecular flexibility index (Phi) is 3.33. The van der Waals surface area contributed by atoms with Crippen LogP contribution in [0.3, 0.4) is 0 Å². The lowest BCUT2D eigenvalue weighted by Gasteiger charge is -2.11. The first-order valence-electron chi connectivity index (χ1n) is 5.53. The van der Waals surface area contributed by atoms with E-state index in [0.717, 1.165) is 12.1 Å². The maximum atomic E-state index is 12.6. The van der Waals surface area contributed by atoms with E-state index in [2.05, 4.69) is 10.3 Å². The van der Waals surface area contributed by atoms with Crippen LogP contribution >= 0.6 is 0 Å². The van der Waals surface area contributed by atoms with Crippen molar-refractivity contribution in [1.29, 1.82) is 0 Å². The van der Waals surface area contributed by atoms with Gasteiger partial charge in [0.2, 0.25) is 0 Å². The molecule has 6 heteroatoms. The lowest BCUT2D eigenvalue weighted by molar-refractivity contribution is -0.137. The molecule has 3 nitrogen and oxygen atoms in total. The van der Waals surface area contributed by atoms with Crippen LogP contribution in [0.25, 0.3) is 0 Å². The lowest BCUT2D eigenvalue weighted by Crippen LogP contribution is -2.05. The molecular formula is C13H12F3N3. The molecule has 0 amide bonds. The number of nitrogens with one attached hydrogen (secondary N) is 1. The Bertz CT molecular complexity index is 594. The number of pyridine rings is 1. The van der Waals surface area contributed by atoms with E-state index in [4.69, 9.17) is 5.73 Å². The van der Waals surface area contributed by atoms with Crippen LogP contribution in [0.2, 0.25) is 0 Å². The minimum Gasteiger partial charge on any atom is -0.397 e. The van der Waals surface area contributed by atoms with Gasteiger partial charge in [0.1, 0.15) is 5.82 Å². The number of aryl methyl sites for hydroxylation is 1. The van der Waals surface area contributed by atoms with Crippen molar-refractivity contribution in [1.82, 2.24) is 4.98 Å². The Hall–Kier alpha value is -2.24. The molecule has 2 rings (SSSR count). The smallest absolute Gasteiger partial charge is 0.397 e. The monoisotopic (exact) mass is 267 g/mol. The highest BCUT2D eigenvalue weighted by molar-refractivity contribution is 5.59. The van der Waals surface area contributed by atoms with Gasteiger partial charge in [0.15, 0.2) is 0 Å². The minimum absolute atomic E-state index is 0.325. The van der Waals surface area contributed by atoms with Gasteiger partial charge in [-0.1, -0.05) is 6.07 Å². The molecule has 1 heterocycles. The van der Waals surface area contributed by atoms with Crippen molar-refractivity contribution in [3.63, 3.8) is 0 Å². The predicted octanol–water partition coefficient (Wildman–Crippen LogP) is 3.73. The van der Waals surface area contributed by atoms with E-state index in [-0.39, 0.29) is 0 Å². The van der Waals surface area contributed by atoms with Crippen LogP contribution in [0.5, 0.6) is 0 Å². The fraction of sp³-hybridized carbons (Fsp3) is 0.154. The van der Waals surface area contributed by atoms with Gasteiger partial charge in [0, 0.05) is 5.69 Å². The Morgan fingerprint density at radius 2 is 1.89 bits per heavy atom. The Morgan fingerprint density at radius 3 is 2.53 bits per heavy atom. The van der Waals surface area contributed by atoms with Gasteiger partial charge in [-0.15, -0.1) is 0 Å². The van der Waals surface area contributed by atoms with Crippen molar-refractivity contribution in [2.24, 2.45) is 0 Å². The fourth-order valence-corrected chi connectivity index (χ4v) is 1.56. The van der Waals surface area contributed by atoms with Gasteiger partial charge in [-0.05, 0) is 37.3 Å². The third-order valence-corrected chi connectivity index (χ3v) is 2.59. The van der Waals surface area contributed by atoms with Gasteiger partial charge >= 0.3 is 6.18 Å². The molecule has 0 aliphatic heterocycles. The standard InChI is InChI=1S/C13H12F3N3/c1-8-11(17)5-6-12(18-8)19-10-4-2-3-9(7-10)13(14,15)16/h2-7H,17H2,1H3,(H,18,19). The number of aromatic nitrogens is 1. The highest BCUT2D eigenvalue weighted by atomic mass is 19.4. The van der Waals surface area contributed by atoms with Gasteiger partial charge in [-0.25, -0.2) is 4.98 Å². The summed E-state index contributed by atoms with van der Waals surface area (Å²) in [6.45, 7) is 1.73. The average Bonchev–Trinajstić information content (AvgIpc) is 2.33. The predicted molar refractivity (Wildman–Crippen MR) is 68.1 cm³/mol. The summed E-state index contributed by atoms with van der Waals surface area (Å²) in [6, 6.07) is 8.21. The maximum absolute atomic E-state index is 12.6. The van der Waals surface area contributed by atoms with Gasteiger partial charge in [-0.2, -0.15) is 13.2 Å². The Morgan fingerprint density at radius 1 is 1.16 bits per heavy atom. The van der Waals surface area contributed by atoms with Crippen LogP contribution in [0.1, 0.15) is 11.3 Å². The second-order valence-corrected chi connectivity index (χ2v) is 4.07. The molecule has 0 spiro atoms. The third-order valence-electron chi connectivity index (χ3n) is 2.59. The molecule has 0 aliphatic carbocycles. The van der Waals surface area contributed by atoms with Crippen LogP contribution < -0.4 is 11.1 Å². The zero-order chi connectivity index (χ0) is 14.0. The zero-order valence-electron chi connectivity index (χ0n) is 10.1. The van der Waals surface area contributed by atoms with Crippen molar-refractivity contribution in [2.75, 3.05) is 11.1 Å².